The van der Waals surface area contributed by atoms with Crippen LogP contribution in [0.2, 0.25) is 0 Å². The molecule has 0 saturated heterocycles. The molecule has 29 heavy (non-hydrogen) atoms. The van der Waals surface area contributed by atoms with Gasteiger partial charge in [0.2, 0.25) is 0 Å². The Labute approximate surface area is 185 Å². The number of alkyl carbamates (subject to hydrolysis) is 1. The molecule has 0 heterocycles. The van der Waals surface area contributed by atoms with E-state index in [0.29, 0.717) is 6.54 Å². The number of unbranched alkanes of at least 4 members (excludes halogenated alkanes) is 15. The normalized spacial score (nSPS) is 13.2. The van der Waals surface area contributed by atoms with Crippen LogP contribution in [0.4, 0.5) is 4.79 Å². The number of ether oxygens (including phenoxy) is 1. The predicted molar refractivity (Wildman–Crippen MR) is 128 cm³/mol. The first-order valence-corrected chi connectivity index (χ1v) is 13.4. The van der Waals surface area contributed by atoms with Crippen LogP contribution in [0.1, 0.15) is 117 Å². The van der Waals surface area contributed by atoms with Crippen molar-refractivity contribution in [3.8, 4) is 0 Å². The van der Waals surface area contributed by atoms with Crippen molar-refractivity contribution in [1.82, 2.24) is 5.32 Å². The summed E-state index contributed by atoms with van der Waals surface area (Å²) < 4.78 is 4.78. The van der Waals surface area contributed by atoms with Gasteiger partial charge in [-0.15, -0.1) is 0 Å². The second-order valence-electron chi connectivity index (χ2n) is 8.62. The number of aliphatic hydroxyl groups is 1. The molecule has 0 rings (SSSR count). The zero-order valence-electron chi connectivity index (χ0n) is 19.6. The van der Waals surface area contributed by atoms with Gasteiger partial charge in [-0.3, -0.25) is 0 Å². The van der Waals surface area contributed by atoms with Gasteiger partial charge in [0, 0.05) is 6.54 Å². The first kappa shape index (κ1) is 28.6. The van der Waals surface area contributed by atoms with E-state index >= 15 is 0 Å². The monoisotopic (exact) mass is 431 g/mol. The van der Waals surface area contributed by atoms with Crippen molar-refractivity contribution >= 4 is 17.9 Å². The molecule has 5 heteroatoms. The van der Waals surface area contributed by atoms with Crippen molar-refractivity contribution in [2.75, 3.05) is 26.0 Å². The zero-order valence-corrected chi connectivity index (χ0v) is 20.4. The average Bonchev–Trinajstić information content (AvgIpc) is 2.74. The summed E-state index contributed by atoms with van der Waals surface area (Å²) in [4.78, 5) is 11.7. The molecule has 0 aromatic carbocycles. The van der Waals surface area contributed by atoms with E-state index in [1.165, 1.54) is 102 Å². The molecular formula is C24H49NO3S. The summed E-state index contributed by atoms with van der Waals surface area (Å²) >= 11 is 1.51. The van der Waals surface area contributed by atoms with Gasteiger partial charge < -0.3 is 15.2 Å². The van der Waals surface area contributed by atoms with E-state index in [2.05, 4.69) is 12.2 Å². The third kappa shape index (κ3) is 19.3. The van der Waals surface area contributed by atoms with Crippen LogP contribution in [0.25, 0.3) is 0 Å². The Morgan fingerprint density at radius 2 is 1.24 bits per heavy atom. The van der Waals surface area contributed by atoms with Crippen LogP contribution < -0.4 is 5.32 Å². The minimum Gasteiger partial charge on any atom is -0.448 e. The molecule has 0 bridgehead atoms. The standard InChI is InChI=1S/C24H49NO3S/c1-4-5-6-7-8-9-10-11-12-13-14-15-16-17-18-19-20-25-23(27)28-22-24(2,21-26)29-3/h26H,4-22H2,1-3H3,(H,25,27). The molecule has 0 aliphatic carbocycles. The van der Waals surface area contributed by atoms with Gasteiger partial charge in [-0.25, -0.2) is 4.79 Å². The van der Waals surface area contributed by atoms with Crippen molar-refractivity contribution in [2.24, 2.45) is 0 Å². The molecule has 1 atom stereocenters. The molecule has 0 radical (unpaired) electrons. The fourth-order valence-electron chi connectivity index (χ4n) is 3.30. The van der Waals surface area contributed by atoms with E-state index in [0.717, 1.165) is 12.8 Å². The highest BCUT2D eigenvalue weighted by atomic mass is 32.2. The minimum absolute atomic E-state index is 0.000567. The van der Waals surface area contributed by atoms with Crippen LogP contribution in [0.3, 0.4) is 0 Å². The second-order valence-corrected chi connectivity index (χ2v) is 10.0. The maximum absolute atomic E-state index is 11.7. The van der Waals surface area contributed by atoms with Gasteiger partial charge >= 0.3 is 6.09 Å². The minimum atomic E-state index is -0.411. The third-order valence-corrected chi connectivity index (χ3v) is 6.87. The number of hydrogen-bond acceptors (Lipinski definition) is 4. The molecule has 0 saturated carbocycles. The number of hydrogen-bond donors (Lipinski definition) is 2. The van der Waals surface area contributed by atoms with Crippen molar-refractivity contribution in [2.45, 2.75) is 121 Å². The fourth-order valence-corrected chi connectivity index (χ4v) is 3.61. The SMILES string of the molecule is CCCCCCCCCCCCCCCCCCNC(=O)OCC(C)(CO)SC. The van der Waals surface area contributed by atoms with Crippen molar-refractivity contribution in [1.29, 1.82) is 0 Å². The molecule has 0 aliphatic heterocycles. The smallest absolute Gasteiger partial charge is 0.407 e. The first-order valence-electron chi connectivity index (χ1n) is 12.1. The molecule has 0 fully saturated rings. The number of carbonyl (C=O) groups is 1. The lowest BCUT2D eigenvalue weighted by Gasteiger charge is -2.24. The van der Waals surface area contributed by atoms with Crippen molar-refractivity contribution < 1.29 is 14.6 Å². The third-order valence-electron chi connectivity index (χ3n) is 5.64. The Kier molecular flexibility index (Phi) is 20.5. The lowest BCUT2D eigenvalue weighted by Crippen LogP contribution is -2.35. The second kappa shape index (κ2) is 20.8. The predicted octanol–water partition coefficient (Wildman–Crippen LogP) is 7.09. The highest BCUT2D eigenvalue weighted by Gasteiger charge is 2.24. The Hall–Kier alpha value is -0.420. The molecule has 0 aromatic rings. The average molecular weight is 432 g/mol. The van der Waals surface area contributed by atoms with E-state index in [1.807, 2.05) is 13.2 Å². The summed E-state index contributed by atoms with van der Waals surface area (Å²) in [6.45, 7) is 5.07. The quantitative estimate of drug-likeness (QED) is 0.190. The van der Waals surface area contributed by atoms with Crippen LogP contribution in [0.15, 0.2) is 0 Å². The molecule has 0 spiro atoms. The number of carbonyl (C=O) groups excluding carboxylic acids is 1. The van der Waals surface area contributed by atoms with Gasteiger partial charge in [-0.05, 0) is 19.6 Å². The molecule has 1 unspecified atom stereocenters. The summed E-state index contributed by atoms with van der Waals surface area (Å²) in [6, 6.07) is 0. The van der Waals surface area contributed by atoms with E-state index < -0.39 is 4.75 Å². The van der Waals surface area contributed by atoms with Crippen LogP contribution in [0.5, 0.6) is 0 Å². The number of aliphatic hydroxyl groups excluding tert-OH is 1. The number of rotatable bonds is 21. The van der Waals surface area contributed by atoms with Gasteiger partial charge in [0.1, 0.15) is 6.61 Å². The molecule has 2 N–H and O–H groups in total. The summed E-state index contributed by atoms with van der Waals surface area (Å²) in [5, 5.41) is 12.1. The van der Waals surface area contributed by atoms with Crippen LogP contribution in [0, 0.1) is 0 Å². The Bertz CT molecular complexity index is 362. The highest BCUT2D eigenvalue weighted by molar-refractivity contribution is 8.00. The van der Waals surface area contributed by atoms with Crippen molar-refractivity contribution in [3.63, 3.8) is 0 Å². The molecule has 1 amide bonds. The maximum Gasteiger partial charge on any atom is 0.407 e. The first-order chi connectivity index (χ1) is 14.1. The number of amides is 1. The molecule has 0 aliphatic rings. The van der Waals surface area contributed by atoms with Crippen molar-refractivity contribution in [3.05, 3.63) is 0 Å². The van der Waals surface area contributed by atoms with Gasteiger partial charge in [-0.1, -0.05) is 103 Å². The molecule has 174 valence electrons. The summed E-state index contributed by atoms with van der Waals surface area (Å²) in [5.41, 5.74) is 0. The lowest BCUT2D eigenvalue weighted by molar-refractivity contribution is 0.120. The Balaban J connectivity index is 3.25. The largest absolute Gasteiger partial charge is 0.448 e. The summed E-state index contributed by atoms with van der Waals surface area (Å²) in [5.74, 6) is 0. The lowest BCUT2D eigenvalue weighted by atomic mass is 10.0. The Morgan fingerprint density at radius 1 is 0.828 bits per heavy atom. The van der Waals surface area contributed by atoms with Gasteiger partial charge in [0.05, 0.1) is 11.4 Å². The summed E-state index contributed by atoms with van der Waals surface area (Å²) in [6.07, 6.45) is 23.1. The topological polar surface area (TPSA) is 58.6 Å². The summed E-state index contributed by atoms with van der Waals surface area (Å²) in [7, 11) is 0. The van der Waals surface area contributed by atoms with E-state index in [9.17, 15) is 9.90 Å². The molecule has 4 nitrogen and oxygen atoms in total. The molecule has 0 aromatic heterocycles. The van der Waals surface area contributed by atoms with E-state index in [4.69, 9.17) is 4.74 Å². The van der Waals surface area contributed by atoms with Gasteiger partial charge in [0.25, 0.3) is 0 Å². The number of thioether (sulfide) groups is 1. The van der Waals surface area contributed by atoms with Crippen LogP contribution in [-0.4, -0.2) is 42.0 Å². The van der Waals surface area contributed by atoms with E-state index in [-0.39, 0.29) is 19.3 Å². The van der Waals surface area contributed by atoms with Gasteiger partial charge in [0.15, 0.2) is 0 Å². The van der Waals surface area contributed by atoms with Crippen LogP contribution >= 0.6 is 11.8 Å². The van der Waals surface area contributed by atoms with Crippen LogP contribution in [-0.2, 0) is 4.74 Å². The maximum atomic E-state index is 11.7. The highest BCUT2D eigenvalue weighted by Crippen LogP contribution is 2.21. The van der Waals surface area contributed by atoms with Gasteiger partial charge in [-0.2, -0.15) is 11.8 Å². The Morgan fingerprint density at radius 3 is 1.62 bits per heavy atom. The fraction of sp³-hybridized carbons (Fsp3) is 0.958. The number of nitrogens with one attached hydrogen (secondary N) is 1. The van der Waals surface area contributed by atoms with E-state index in [1.54, 1.807) is 0 Å². The molecular weight excluding hydrogens is 382 g/mol. The zero-order chi connectivity index (χ0) is 21.6.